The van der Waals surface area contributed by atoms with Gasteiger partial charge in [0.1, 0.15) is 5.75 Å². The maximum atomic E-state index is 11.0. The van der Waals surface area contributed by atoms with E-state index in [2.05, 4.69) is 6.92 Å². The Hall–Kier alpha value is -0.870. The number of hydrogen-bond acceptors (Lipinski definition) is 2. The number of unbranched alkanes of at least 4 members (excludes halogenated alkanes) is 6. The third-order valence-corrected chi connectivity index (χ3v) is 4.18. The zero-order valence-electron chi connectivity index (χ0n) is 12.3. The highest BCUT2D eigenvalue weighted by Crippen LogP contribution is 2.16. The molecular formula is C16H26O3S. The summed E-state index contributed by atoms with van der Waals surface area (Å²) in [6.07, 6.45) is 9.59. The molecule has 1 N–H and O–H groups in total. The molecule has 1 rings (SSSR count). The van der Waals surface area contributed by atoms with Crippen LogP contribution in [0.25, 0.3) is 0 Å². The molecule has 0 aliphatic carbocycles. The highest BCUT2D eigenvalue weighted by Gasteiger charge is 2.10. The van der Waals surface area contributed by atoms with Crippen LogP contribution in [0, 0.1) is 0 Å². The van der Waals surface area contributed by atoms with Crippen LogP contribution in [-0.4, -0.2) is 13.0 Å². The lowest BCUT2D eigenvalue weighted by molar-refractivity contribution is 0.482. The normalized spacial score (nSPS) is 11.7. The van der Waals surface area contributed by atoms with Crippen LogP contribution in [0.2, 0.25) is 0 Å². The number of benzene rings is 1. The first kappa shape index (κ1) is 17.2. The second-order valence-electron chi connectivity index (χ2n) is 5.37. The number of aryl methyl sites for hydroxylation is 1. The first-order valence-corrected chi connectivity index (χ1v) is 9.16. The van der Waals surface area contributed by atoms with Crippen molar-refractivity contribution >= 4 is 10.1 Å². The Bertz CT molecular complexity index is 480. The summed E-state index contributed by atoms with van der Waals surface area (Å²) in [5.41, 5.74) is 1.76. The van der Waals surface area contributed by atoms with Crippen molar-refractivity contribution in [2.45, 2.75) is 64.0 Å². The van der Waals surface area contributed by atoms with E-state index in [0.717, 1.165) is 24.0 Å². The van der Waals surface area contributed by atoms with Crippen molar-refractivity contribution in [3.8, 4) is 0 Å². The van der Waals surface area contributed by atoms with Gasteiger partial charge in [0.25, 0.3) is 10.1 Å². The minimum absolute atomic E-state index is 0.278. The molecule has 0 atom stereocenters. The standard InChI is InChI=1S/C16H26O3S/c1-2-3-4-5-6-7-8-11-15-12-9-10-13-16(15)14-20(17,18)19/h9-10,12-13H,2-8,11,14H2,1H3,(H,17,18,19). The fraction of sp³-hybridized carbons (Fsp3) is 0.625. The minimum Gasteiger partial charge on any atom is -0.285 e. The maximum absolute atomic E-state index is 11.0. The van der Waals surface area contributed by atoms with Gasteiger partial charge in [-0.2, -0.15) is 8.42 Å². The van der Waals surface area contributed by atoms with Crippen molar-refractivity contribution in [1.29, 1.82) is 0 Å². The van der Waals surface area contributed by atoms with E-state index < -0.39 is 10.1 Å². The zero-order valence-corrected chi connectivity index (χ0v) is 13.2. The summed E-state index contributed by atoms with van der Waals surface area (Å²) < 4.78 is 30.9. The maximum Gasteiger partial charge on any atom is 0.269 e. The van der Waals surface area contributed by atoms with Crippen molar-refractivity contribution in [1.82, 2.24) is 0 Å². The average Bonchev–Trinajstić information content (AvgIpc) is 2.38. The molecule has 3 nitrogen and oxygen atoms in total. The van der Waals surface area contributed by atoms with E-state index in [4.69, 9.17) is 4.55 Å². The van der Waals surface area contributed by atoms with Gasteiger partial charge in [-0.25, -0.2) is 0 Å². The lowest BCUT2D eigenvalue weighted by atomic mass is 10.0. The summed E-state index contributed by atoms with van der Waals surface area (Å²) in [7, 11) is -3.95. The van der Waals surface area contributed by atoms with Gasteiger partial charge in [0.05, 0.1) is 0 Å². The van der Waals surface area contributed by atoms with Crippen LogP contribution < -0.4 is 0 Å². The molecule has 1 aromatic rings. The molecule has 0 radical (unpaired) electrons. The van der Waals surface area contributed by atoms with E-state index in [9.17, 15) is 8.42 Å². The predicted molar refractivity (Wildman–Crippen MR) is 83.4 cm³/mol. The molecular weight excluding hydrogens is 272 g/mol. The lowest BCUT2D eigenvalue weighted by Gasteiger charge is -2.08. The van der Waals surface area contributed by atoms with Crippen molar-refractivity contribution in [2.24, 2.45) is 0 Å². The van der Waals surface area contributed by atoms with Crippen LogP contribution >= 0.6 is 0 Å². The Balaban J connectivity index is 2.36. The van der Waals surface area contributed by atoms with Crippen LogP contribution in [0.4, 0.5) is 0 Å². The molecule has 114 valence electrons. The van der Waals surface area contributed by atoms with E-state index in [1.165, 1.54) is 38.5 Å². The largest absolute Gasteiger partial charge is 0.285 e. The van der Waals surface area contributed by atoms with Crippen molar-refractivity contribution in [2.75, 3.05) is 0 Å². The molecule has 0 unspecified atom stereocenters. The van der Waals surface area contributed by atoms with Crippen LogP contribution in [0.3, 0.4) is 0 Å². The summed E-state index contributed by atoms with van der Waals surface area (Å²) in [5.74, 6) is -0.278. The Labute approximate surface area is 123 Å². The fourth-order valence-electron chi connectivity index (χ4n) is 2.41. The van der Waals surface area contributed by atoms with Crippen LogP contribution in [0.5, 0.6) is 0 Å². The van der Waals surface area contributed by atoms with Gasteiger partial charge in [-0.05, 0) is 24.0 Å². The summed E-state index contributed by atoms with van der Waals surface area (Å²) >= 11 is 0. The van der Waals surface area contributed by atoms with Gasteiger partial charge >= 0.3 is 0 Å². The smallest absolute Gasteiger partial charge is 0.269 e. The van der Waals surface area contributed by atoms with Crippen LogP contribution in [0.15, 0.2) is 24.3 Å². The van der Waals surface area contributed by atoms with E-state index in [-0.39, 0.29) is 5.75 Å². The van der Waals surface area contributed by atoms with E-state index >= 15 is 0 Å². The lowest BCUT2D eigenvalue weighted by Crippen LogP contribution is -2.04. The van der Waals surface area contributed by atoms with Gasteiger partial charge in [-0.3, -0.25) is 4.55 Å². The van der Waals surface area contributed by atoms with Gasteiger partial charge in [0, 0.05) is 0 Å². The molecule has 0 amide bonds. The first-order valence-electron chi connectivity index (χ1n) is 7.55. The average molecular weight is 298 g/mol. The van der Waals surface area contributed by atoms with Crippen molar-refractivity contribution < 1.29 is 13.0 Å². The Kier molecular flexibility index (Phi) is 7.85. The molecule has 1 aromatic carbocycles. The Morgan fingerprint density at radius 2 is 1.45 bits per heavy atom. The van der Waals surface area contributed by atoms with E-state index in [1.807, 2.05) is 18.2 Å². The first-order chi connectivity index (χ1) is 9.53. The van der Waals surface area contributed by atoms with Crippen LogP contribution in [0.1, 0.15) is 63.0 Å². The third kappa shape index (κ3) is 7.65. The van der Waals surface area contributed by atoms with E-state index in [1.54, 1.807) is 6.07 Å². The Morgan fingerprint density at radius 3 is 2.05 bits per heavy atom. The number of rotatable bonds is 10. The molecule has 0 aromatic heterocycles. The number of hydrogen-bond donors (Lipinski definition) is 1. The molecule has 0 spiro atoms. The molecule has 0 aliphatic heterocycles. The molecule has 0 heterocycles. The molecule has 4 heteroatoms. The van der Waals surface area contributed by atoms with Crippen LogP contribution in [-0.2, 0) is 22.3 Å². The second-order valence-corrected chi connectivity index (χ2v) is 6.82. The minimum atomic E-state index is -3.95. The highest BCUT2D eigenvalue weighted by molar-refractivity contribution is 7.85. The fourth-order valence-corrected chi connectivity index (χ4v) is 3.09. The van der Waals surface area contributed by atoms with Gasteiger partial charge < -0.3 is 0 Å². The summed E-state index contributed by atoms with van der Waals surface area (Å²) in [5, 5.41) is 0. The van der Waals surface area contributed by atoms with Crippen molar-refractivity contribution in [3.63, 3.8) is 0 Å². The molecule has 20 heavy (non-hydrogen) atoms. The van der Waals surface area contributed by atoms with Gasteiger partial charge in [0.2, 0.25) is 0 Å². The molecule has 0 saturated heterocycles. The third-order valence-electron chi connectivity index (χ3n) is 3.51. The quantitative estimate of drug-likeness (QED) is 0.515. The monoisotopic (exact) mass is 298 g/mol. The summed E-state index contributed by atoms with van der Waals surface area (Å²) in [6, 6.07) is 7.47. The molecule has 0 fully saturated rings. The second kappa shape index (κ2) is 9.14. The van der Waals surface area contributed by atoms with E-state index in [0.29, 0.717) is 0 Å². The van der Waals surface area contributed by atoms with Gasteiger partial charge in [0.15, 0.2) is 0 Å². The highest BCUT2D eigenvalue weighted by atomic mass is 32.2. The zero-order chi connectivity index (χ0) is 14.8. The summed E-state index contributed by atoms with van der Waals surface area (Å²) in [6.45, 7) is 2.21. The van der Waals surface area contributed by atoms with Crippen molar-refractivity contribution in [3.05, 3.63) is 35.4 Å². The molecule has 0 aliphatic rings. The summed E-state index contributed by atoms with van der Waals surface area (Å²) in [4.78, 5) is 0. The van der Waals surface area contributed by atoms with Gasteiger partial charge in [-0.1, -0.05) is 69.7 Å². The topological polar surface area (TPSA) is 54.4 Å². The molecule has 0 saturated carbocycles. The van der Waals surface area contributed by atoms with Gasteiger partial charge in [-0.15, -0.1) is 0 Å². The SMILES string of the molecule is CCCCCCCCCc1ccccc1CS(=O)(=O)O. The Morgan fingerprint density at radius 1 is 0.900 bits per heavy atom. The predicted octanol–water partition coefficient (Wildman–Crippen LogP) is 4.37. The molecule has 0 bridgehead atoms.